The second-order valence-corrected chi connectivity index (χ2v) is 7.03. The minimum absolute atomic E-state index is 0.0391. The highest BCUT2D eigenvalue weighted by molar-refractivity contribution is 6.15. The van der Waals surface area contributed by atoms with Crippen LogP contribution in [0.3, 0.4) is 0 Å². The molecule has 8 heteroatoms. The molecular formula is C23H21NO7. The number of carbonyl (C=O) groups excluding carboxylic acids is 2. The number of amides is 1. The molecule has 1 aliphatic heterocycles. The summed E-state index contributed by atoms with van der Waals surface area (Å²) in [5.41, 5.74) is 0.492. The van der Waals surface area contributed by atoms with E-state index < -0.39 is 23.5 Å². The zero-order valence-electron chi connectivity index (χ0n) is 17.2. The molecule has 160 valence electrons. The first-order valence-electron chi connectivity index (χ1n) is 9.54. The molecule has 3 aromatic rings. The number of aliphatic hydroxyl groups excluding tert-OH is 1. The molecule has 3 heterocycles. The summed E-state index contributed by atoms with van der Waals surface area (Å²) in [5, 5.41) is 10.7. The Balaban J connectivity index is 1.83. The number of Topliss-reactive ketones (excluding diaryl/α,β-unsaturated/α-hetero) is 1. The van der Waals surface area contributed by atoms with Crippen molar-refractivity contribution in [1.82, 2.24) is 4.90 Å². The molecule has 1 aliphatic rings. The van der Waals surface area contributed by atoms with E-state index in [0.29, 0.717) is 28.6 Å². The maximum Gasteiger partial charge on any atom is 0.290 e. The molecule has 0 radical (unpaired) electrons. The van der Waals surface area contributed by atoms with E-state index >= 15 is 0 Å². The highest BCUT2D eigenvalue weighted by Crippen LogP contribution is 2.42. The van der Waals surface area contributed by atoms with Crippen molar-refractivity contribution in [3.8, 4) is 11.5 Å². The van der Waals surface area contributed by atoms with Gasteiger partial charge in [-0.3, -0.25) is 9.59 Å². The van der Waals surface area contributed by atoms with Crippen LogP contribution in [-0.4, -0.2) is 35.9 Å². The summed E-state index contributed by atoms with van der Waals surface area (Å²) in [6, 6.07) is 10.8. The average molecular weight is 423 g/mol. The second-order valence-electron chi connectivity index (χ2n) is 7.03. The van der Waals surface area contributed by atoms with Crippen molar-refractivity contribution in [3.63, 3.8) is 0 Å². The third-order valence-electron chi connectivity index (χ3n) is 5.14. The topological polar surface area (TPSA) is 102 Å². The Bertz CT molecular complexity index is 1160. The molecule has 2 aromatic heterocycles. The van der Waals surface area contributed by atoms with Crippen LogP contribution in [0.1, 0.15) is 33.7 Å². The number of hydrogen-bond acceptors (Lipinski definition) is 7. The van der Waals surface area contributed by atoms with Gasteiger partial charge in [-0.25, -0.2) is 0 Å². The summed E-state index contributed by atoms with van der Waals surface area (Å²) >= 11 is 0. The van der Waals surface area contributed by atoms with Gasteiger partial charge in [-0.15, -0.1) is 0 Å². The molecule has 0 unspecified atom stereocenters. The van der Waals surface area contributed by atoms with E-state index in [1.807, 2.05) is 0 Å². The largest absolute Gasteiger partial charge is 0.503 e. The molecule has 0 bridgehead atoms. The molecule has 4 rings (SSSR count). The third-order valence-corrected chi connectivity index (χ3v) is 5.14. The Morgan fingerprint density at radius 2 is 1.90 bits per heavy atom. The first-order valence-corrected chi connectivity index (χ1v) is 9.54. The predicted molar refractivity (Wildman–Crippen MR) is 109 cm³/mol. The zero-order valence-corrected chi connectivity index (χ0v) is 17.2. The summed E-state index contributed by atoms with van der Waals surface area (Å²) in [6.45, 7) is 1.77. The number of aryl methyl sites for hydroxylation is 1. The van der Waals surface area contributed by atoms with Crippen molar-refractivity contribution in [1.29, 1.82) is 0 Å². The number of carbonyl (C=O) groups is 2. The summed E-state index contributed by atoms with van der Waals surface area (Å²) < 4.78 is 21.5. The lowest BCUT2D eigenvalue weighted by molar-refractivity contribution is -0.130. The van der Waals surface area contributed by atoms with Crippen LogP contribution in [0.2, 0.25) is 0 Å². The van der Waals surface area contributed by atoms with E-state index in [1.54, 1.807) is 43.3 Å². The van der Waals surface area contributed by atoms with Crippen LogP contribution in [0.25, 0.3) is 0 Å². The first kappa shape index (κ1) is 20.3. The van der Waals surface area contributed by atoms with Crippen molar-refractivity contribution in [2.45, 2.75) is 19.5 Å². The predicted octanol–water partition coefficient (Wildman–Crippen LogP) is 3.98. The Labute approximate surface area is 178 Å². The first-order chi connectivity index (χ1) is 14.9. The van der Waals surface area contributed by atoms with Gasteiger partial charge in [0.15, 0.2) is 23.0 Å². The molecule has 1 N–H and O–H groups in total. The highest BCUT2D eigenvalue weighted by atomic mass is 16.5. The molecule has 1 amide bonds. The third kappa shape index (κ3) is 3.56. The van der Waals surface area contributed by atoms with Crippen molar-refractivity contribution >= 4 is 11.7 Å². The number of furan rings is 2. The Morgan fingerprint density at radius 3 is 2.52 bits per heavy atom. The van der Waals surface area contributed by atoms with Crippen molar-refractivity contribution < 1.29 is 33.0 Å². The van der Waals surface area contributed by atoms with Gasteiger partial charge in [-0.2, -0.15) is 0 Å². The fourth-order valence-corrected chi connectivity index (χ4v) is 3.68. The average Bonchev–Trinajstić information content (AvgIpc) is 3.50. The fourth-order valence-electron chi connectivity index (χ4n) is 3.68. The summed E-state index contributed by atoms with van der Waals surface area (Å²) in [7, 11) is 3.01. The van der Waals surface area contributed by atoms with Gasteiger partial charge in [0.05, 0.1) is 38.6 Å². The number of nitrogens with zero attached hydrogens (tertiary/aromatic N) is 1. The van der Waals surface area contributed by atoms with Crippen LogP contribution in [0.4, 0.5) is 0 Å². The van der Waals surface area contributed by atoms with Gasteiger partial charge in [0.2, 0.25) is 5.78 Å². The van der Waals surface area contributed by atoms with Gasteiger partial charge in [-0.1, -0.05) is 6.07 Å². The maximum atomic E-state index is 13.3. The van der Waals surface area contributed by atoms with Gasteiger partial charge in [0, 0.05) is 0 Å². The van der Waals surface area contributed by atoms with E-state index in [1.165, 1.54) is 31.4 Å². The molecule has 31 heavy (non-hydrogen) atoms. The number of benzene rings is 1. The van der Waals surface area contributed by atoms with Crippen LogP contribution in [0.5, 0.6) is 11.5 Å². The lowest BCUT2D eigenvalue weighted by atomic mass is 9.94. The number of rotatable bonds is 7. The molecule has 0 fully saturated rings. The van der Waals surface area contributed by atoms with Crippen LogP contribution in [0.15, 0.2) is 68.9 Å². The minimum atomic E-state index is -0.879. The molecule has 0 saturated heterocycles. The molecule has 1 atom stereocenters. The summed E-state index contributed by atoms with van der Waals surface area (Å²) in [5.74, 6) is 0.149. The zero-order chi connectivity index (χ0) is 22.1. The second kappa shape index (κ2) is 8.06. The summed E-state index contributed by atoms with van der Waals surface area (Å²) in [6.07, 6.45) is 1.49. The van der Waals surface area contributed by atoms with Gasteiger partial charge in [0.25, 0.3) is 5.91 Å². The molecular weight excluding hydrogens is 402 g/mol. The van der Waals surface area contributed by atoms with E-state index in [4.69, 9.17) is 18.3 Å². The fraction of sp³-hybridized carbons (Fsp3) is 0.217. The maximum absolute atomic E-state index is 13.3. The molecule has 0 saturated carbocycles. The van der Waals surface area contributed by atoms with Crippen molar-refractivity contribution in [2.24, 2.45) is 0 Å². The Kier molecular flexibility index (Phi) is 5.29. The lowest BCUT2D eigenvalue weighted by Crippen LogP contribution is -2.30. The minimum Gasteiger partial charge on any atom is -0.503 e. The van der Waals surface area contributed by atoms with Crippen molar-refractivity contribution in [3.05, 3.63) is 82.9 Å². The van der Waals surface area contributed by atoms with Crippen LogP contribution in [0, 0.1) is 6.92 Å². The standard InChI is InChI=1S/C23H21NO7/c1-13-6-8-17(31-13)21(25)19-20(14-7-9-16(28-2)18(11-14)29-3)24(23(27)22(19)26)12-15-5-4-10-30-15/h4-11,20,26H,12H2,1-3H3/t20-/m0/s1. The smallest absolute Gasteiger partial charge is 0.290 e. The molecule has 0 aliphatic carbocycles. The Hall–Kier alpha value is -3.94. The SMILES string of the molecule is COc1ccc([C@H]2C(C(=O)c3ccc(C)o3)=C(O)C(=O)N2Cc2ccco2)cc1OC. The lowest BCUT2D eigenvalue weighted by Gasteiger charge is -2.26. The van der Waals surface area contributed by atoms with Crippen LogP contribution < -0.4 is 9.47 Å². The highest BCUT2D eigenvalue weighted by Gasteiger charge is 2.45. The van der Waals surface area contributed by atoms with Gasteiger partial charge in [0.1, 0.15) is 11.5 Å². The summed E-state index contributed by atoms with van der Waals surface area (Å²) in [4.78, 5) is 27.6. The number of methoxy groups -OCH3 is 2. The van der Waals surface area contributed by atoms with E-state index in [-0.39, 0.29) is 17.9 Å². The van der Waals surface area contributed by atoms with Crippen LogP contribution in [-0.2, 0) is 11.3 Å². The number of ether oxygens (including phenoxy) is 2. The quantitative estimate of drug-likeness (QED) is 0.574. The molecule has 8 nitrogen and oxygen atoms in total. The molecule has 0 spiro atoms. The Morgan fingerprint density at radius 1 is 1.13 bits per heavy atom. The normalized spacial score (nSPS) is 16.2. The van der Waals surface area contributed by atoms with Crippen LogP contribution >= 0.6 is 0 Å². The van der Waals surface area contributed by atoms with Gasteiger partial charge in [-0.05, 0) is 48.9 Å². The van der Waals surface area contributed by atoms with Gasteiger partial charge >= 0.3 is 0 Å². The molecule has 1 aromatic carbocycles. The number of aliphatic hydroxyl groups is 1. The van der Waals surface area contributed by atoms with E-state index in [2.05, 4.69) is 0 Å². The van der Waals surface area contributed by atoms with Gasteiger partial charge < -0.3 is 28.3 Å². The monoisotopic (exact) mass is 423 g/mol. The van der Waals surface area contributed by atoms with E-state index in [9.17, 15) is 14.7 Å². The number of ketones is 1. The number of hydrogen-bond donors (Lipinski definition) is 1. The van der Waals surface area contributed by atoms with Crippen molar-refractivity contribution in [2.75, 3.05) is 14.2 Å². The van der Waals surface area contributed by atoms with E-state index in [0.717, 1.165) is 0 Å².